The largest absolute Gasteiger partial charge is 0.331 e. The van der Waals surface area contributed by atoms with Gasteiger partial charge in [-0.05, 0) is 55.4 Å². The van der Waals surface area contributed by atoms with E-state index < -0.39 is 0 Å². The Morgan fingerprint density at radius 3 is 2.59 bits per heavy atom. The minimum atomic E-state index is -0.387. The van der Waals surface area contributed by atoms with Gasteiger partial charge >= 0.3 is 5.97 Å². The molecule has 0 aliphatic heterocycles. The lowest BCUT2D eigenvalue weighted by atomic mass is 9.90. The lowest BCUT2D eigenvalue weighted by molar-refractivity contribution is -0.140. The van der Waals surface area contributed by atoms with E-state index >= 15 is 0 Å². The second kappa shape index (κ2) is 5.13. The Morgan fingerprint density at radius 2 is 1.88 bits per heavy atom. The highest BCUT2D eigenvalue weighted by atomic mass is 16.7. The summed E-state index contributed by atoms with van der Waals surface area (Å²) in [5, 5.41) is 3.81. The van der Waals surface area contributed by atoms with E-state index in [0.717, 1.165) is 17.7 Å². The molecule has 0 saturated heterocycles. The van der Waals surface area contributed by atoms with Gasteiger partial charge in [0, 0.05) is 6.92 Å². The van der Waals surface area contributed by atoms with Gasteiger partial charge in [-0.3, -0.25) is 0 Å². The third-order valence-corrected chi connectivity index (χ3v) is 3.08. The predicted octanol–water partition coefficient (Wildman–Crippen LogP) is 2.85. The molecule has 1 aromatic carbocycles. The fraction of sp³-hybridized carbons (Fsp3) is 0.429. The van der Waals surface area contributed by atoms with Crippen LogP contribution < -0.4 is 0 Å². The van der Waals surface area contributed by atoms with Gasteiger partial charge in [-0.1, -0.05) is 17.3 Å². The molecule has 0 aromatic heterocycles. The smallest absolute Gasteiger partial charge is 0.318 e. The summed E-state index contributed by atoms with van der Waals surface area (Å²) >= 11 is 0. The third-order valence-electron chi connectivity index (χ3n) is 3.08. The van der Waals surface area contributed by atoms with Crippen LogP contribution in [-0.4, -0.2) is 11.7 Å². The van der Waals surface area contributed by atoms with Crippen molar-refractivity contribution in [2.45, 2.75) is 39.5 Å². The first kappa shape index (κ1) is 11.8. The van der Waals surface area contributed by atoms with E-state index in [0.29, 0.717) is 0 Å². The van der Waals surface area contributed by atoms with E-state index in [2.05, 4.69) is 22.1 Å². The van der Waals surface area contributed by atoms with E-state index in [1.807, 2.05) is 13.0 Å². The van der Waals surface area contributed by atoms with Crippen molar-refractivity contribution in [3.05, 3.63) is 34.9 Å². The lowest BCUT2D eigenvalue weighted by Crippen LogP contribution is -2.05. The van der Waals surface area contributed by atoms with Gasteiger partial charge in [-0.15, -0.1) is 0 Å². The molecule has 0 saturated carbocycles. The Kier molecular flexibility index (Phi) is 3.57. The van der Waals surface area contributed by atoms with Crippen molar-refractivity contribution in [2.24, 2.45) is 5.16 Å². The van der Waals surface area contributed by atoms with Gasteiger partial charge in [0.15, 0.2) is 0 Å². The van der Waals surface area contributed by atoms with Crippen molar-refractivity contribution in [2.75, 3.05) is 0 Å². The Labute approximate surface area is 101 Å². The van der Waals surface area contributed by atoms with E-state index in [1.54, 1.807) is 0 Å². The van der Waals surface area contributed by atoms with Crippen molar-refractivity contribution < 1.29 is 9.63 Å². The molecule has 0 spiro atoms. The first-order valence-electron chi connectivity index (χ1n) is 6.01. The molecule has 0 fully saturated rings. The van der Waals surface area contributed by atoms with Crippen LogP contribution in [0.25, 0.3) is 0 Å². The number of aryl methyl sites for hydroxylation is 2. The van der Waals surface area contributed by atoms with Gasteiger partial charge in [0.25, 0.3) is 0 Å². The minimum absolute atomic E-state index is 0.387. The summed E-state index contributed by atoms with van der Waals surface area (Å²) in [5.74, 6) is -0.387. The van der Waals surface area contributed by atoms with E-state index in [9.17, 15) is 4.79 Å². The highest BCUT2D eigenvalue weighted by Gasteiger charge is 2.10. The van der Waals surface area contributed by atoms with Gasteiger partial charge in [-0.2, -0.15) is 0 Å². The molecule has 1 aromatic rings. The van der Waals surface area contributed by atoms with Gasteiger partial charge in [0.05, 0.1) is 5.71 Å². The van der Waals surface area contributed by atoms with Crippen LogP contribution in [0, 0.1) is 0 Å². The Bertz CT molecular complexity index is 463. The summed E-state index contributed by atoms with van der Waals surface area (Å²) in [7, 11) is 0. The molecule has 0 atom stereocenters. The number of hydrogen-bond donors (Lipinski definition) is 0. The summed E-state index contributed by atoms with van der Waals surface area (Å²) < 4.78 is 0. The number of oxime groups is 1. The zero-order valence-corrected chi connectivity index (χ0v) is 10.3. The Hall–Kier alpha value is -1.64. The van der Waals surface area contributed by atoms with Crippen molar-refractivity contribution in [3.63, 3.8) is 0 Å². The first-order valence-corrected chi connectivity index (χ1v) is 6.01. The van der Waals surface area contributed by atoms with Gasteiger partial charge in [-0.25, -0.2) is 4.79 Å². The lowest BCUT2D eigenvalue weighted by Gasteiger charge is -2.16. The molecule has 1 aliphatic carbocycles. The van der Waals surface area contributed by atoms with Gasteiger partial charge in [0.2, 0.25) is 0 Å². The molecular weight excluding hydrogens is 214 g/mol. The van der Waals surface area contributed by atoms with Crippen LogP contribution >= 0.6 is 0 Å². The zero-order chi connectivity index (χ0) is 12.3. The summed E-state index contributed by atoms with van der Waals surface area (Å²) in [4.78, 5) is 15.3. The Morgan fingerprint density at radius 1 is 1.18 bits per heavy atom. The van der Waals surface area contributed by atoms with Crippen molar-refractivity contribution in [1.29, 1.82) is 0 Å². The number of rotatable bonds is 2. The van der Waals surface area contributed by atoms with E-state index in [1.165, 1.54) is 37.3 Å². The number of hydrogen-bond acceptors (Lipinski definition) is 3. The SMILES string of the molecule is CC(=O)O/N=C(\C)c1ccc2c(c1)CCCC2. The Balaban J connectivity index is 2.21. The zero-order valence-electron chi connectivity index (χ0n) is 10.3. The van der Waals surface area contributed by atoms with E-state index in [4.69, 9.17) is 0 Å². The molecular formula is C14H17NO2. The maximum Gasteiger partial charge on any atom is 0.331 e. The molecule has 0 heterocycles. The molecule has 1 aliphatic rings. The van der Waals surface area contributed by atoms with Crippen LogP contribution in [0.5, 0.6) is 0 Å². The third kappa shape index (κ3) is 2.93. The first-order chi connectivity index (χ1) is 8.16. The van der Waals surface area contributed by atoms with Gasteiger partial charge in [0.1, 0.15) is 0 Å². The number of carbonyl (C=O) groups excluding carboxylic acids is 1. The van der Waals surface area contributed by atoms with Crippen molar-refractivity contribution >= 4 is 11.7 Å². The summed E-state index contributed by atoms with van der Waals surface area (Å²) in [6.45, 7) is 3.21. The fourth-order valence-corrected chi connectivity index (χ4v) is 2.14. The van der Waals surface area contributed by atoms with Crippen molar-refractivity contribution in [1.82, 2.24) is 0 Å². The normalized spacial score (nSPS) is 15.3. The second-order valence-corrected chi connectivity index (χ2v) is 4.45. The topological polar surface area (TPSA) is 38.7 Å². The summed E-state index contributed by atoms with van der Waals surface area (Å²) in [5.41, 5.74) is 4.63. The molecule has 0 N–H and O–H groups in total. The van der Waals surface area contributed by atoms with Crippen LogP contribution in [0.1, 0.15) is 43.4 Å². The molecule has 17 heavy (non-hydrogen) atoms. The molecule has 2 rings (SSSR count). The number of fused-ring (bicyclic) bond motifs is 1. The highest BCUT2D eigenvalue weighted by Crippen LogP contribution is 2.22. The van der Waals surface area contributed by atoms with Crippen LogP contribution in [0.3, 0.4) is 0 Å². The summed E-state index contributed by atoms with van der Waals surface area (Å²) in [6, 6.07) is 6.37. The van der Waals surface area contributed by atoms with Crippen LogP contribution in [0.4, 0.5) is 0 Å². The quantitative estimate of drug-likeness (QED) is 0.446. The second-order valence-electron chi connectivity index (χ2n) is 4.45. The molecule has 3 heteroatoms. The monoisotopic (exact) mass is 231 g/mol. The number of benzene rings is 1. The fourth-order valence-electron chi connectivity index (χ4n) is 2.14. The maximum absolute atomic E-state index is 10.7. The standard InChI is InChI=1S/C14H17NO2/c1-10(15-17-11(2)16)13-8-7-12-5-3-4-6-14(12)9-13/h7-9H,3-6H2,1-2H3/b15-10+. The molecule has 0 radical (unpaired) electrons. The van der Waals surface area contributed by atoms with E-state index in [-0.39, 0.29) is 5.97 Å². The van der Waals surface area contributed by atoms with Crippen LogP contribution in [-0.2, 0) is 22.5 Å². The number of nitrogens with zero attached hydrogens (tertiary/aromatic N) is 1. The van der Waals surface area contributed by atoms with Crippen molar-refractivity contribution in [3.8, 4) is 0 Å². The molecule has 0 bridgehead atoms. The van der Waals surface area contributed by atoms with Gasteiger partial charge < -0.3 is 4.84 Å². The summed E-state index contributed by atoms with van der Waals surface area (Å²) in [6.07, 6.45) is 4.86. The molecule has 0 amide bonds. The van der Waals surface area contributed by atoms with Crippen LogP contribution in [0.2, 0.25) is 0 Å². The average molecular weight is 231 g/mol. The molecule has 0 unspecified atom stereocenters. The maximum atomic E-state index is 10.7. The molecule has 90 valence electrons. The van der Waals surface area contributed by atoms with Crippen LogP contribution in [0.15, 0.2) is 23.4 Å². The average Bonchev–Trinajstić information content (AvgIpc) is 2.35. The predicted molar refractivity (Wildman–Crippen MR) is 67.1 cm³/mol. The minimum Gasteiger partial charge on any atom is -0.318 e. The number of carbonyl (C=O) groups is 1. The molecule has 3 nitrogen and oxygen atoms in total. The highest BCUT2D eigenvalue weighted by molar-refractivity contribution is 5.98.